The molecule has 2 fully saturated rings. The van der Waals surface area contributed by atoms with Gasteiger partial charge in [0.25, 0.3) is 0 Å². The second-order valence-electron chi connectivity index (χ2n) is 8.61. The Balaban J connectivity index is 1.42. The summed E-state index contributed by atoms with van der Waals surface area (Å²) in [7, 11) is 0. The number of aromatic nitrogens is 3. The lowest BCUT2D eigenvalue weighted by atomic mass is 9.96. The van der Waals surface area contributed by atoms with Crippen LogP contribution in [0.3, 0.4) is 0 Å². The molecule has 0 radical (unpaired) electrons. The largest absolute Gasteiger partial charge is 0.366 e. The number of halogens is 1. The monoisotopic (exact) mass is 427 g/mol. The van der Waals surface area contributed by atoms with Crippen LogP contribution in [0, 0.1) is 6.92 Å². The molecule has 30 heavy (non-hydrogen) atoms. The second-order valence-corrected chi connectivity index (χ2v) is 8.97. The fourth-order valence-electron chi connectivity index (χ4n) is 4.87. The topological polar surface area (TPSA) is 67.6 Å². The highest BCUT2D eigenvalue weighted by Gasteiger charge is 2.59. The van der Waals surface area contributed by atoms with Crippen molar-refractivity contribution in [1.29, 1.82) is 0 Å². The molecule has 0 spiro atoms. The van der Waals surface area contributed by atoms with Crippen LogP contribution >= 0.6 is 11.6 Å². The molecule has 1 aromatic carbocycles. The Bertz CT molecular complexity index is 1150. The summed E-state index contributed by atoms with van der Waals surface area (Å²) < 4.78 is 27.3. The van der Waals surface area contributed by atoms with E-state index in [0.29, 0.717) is 17.4 Å². The van der Waals surface area contributed by atoms with Crippen molar-refractivity contribution >= 4 is 22.6 Å². The van der Waals surface area contributed by atoms with Gasteiger partial charge in [-0.2, -0.15) is 0 Å². The van der Waals surface area contributed by atoms with Crippen molar-refractivity contribution < 1.29 is 18.9 Å². The average molecular weight is 428 g/mol. The van der Waals surface area contributed by atoms with Crippen LogP contribution in [0.5, 0.6) is 0 Å². The van der Waals surface area contributed by atoms with Gasteiger partial charge in [0.2, 0.25) is 0 Å². The molecule has 6 rings (SSSR count). The molecule has 7 nitrogen and oxygen atoms in total. The zero-order valence-corrected chi connectivity index (χ0v) is 17.7. The predicted octanol–water partition coefficient (Wildman–Crippen LogP) is 4.08. The van der Waals surface area contributed by atoms with Gasteiger partial charge in [0.05, 0.1) is 12.0 Å². The number of benzene rings is 1. The van der Waals surface area contributed by atoms with E-state index in [2.05, 4.69) is 35.1 Å². The lowest BCUT2D eigenvalue weighted by Crippen LogP contribution is -2.34. The predicted molar refractivity (Wildman–Crippen MR) is 109 cm³/mol. The molecule has 8 heteroatoms. The van der Waals surface area contributed by atoms with Crippen LogP contribution in [0.2, 0.25) is 5.15 Å². The molecule has 0 aliphatic carbocycles. The molecule has 3 aliphatic heterocycles. The number of nitrogens with zero attached hydrogens (tertiary/aromatic N) is 3. The summed E-state index contributed by atoms with van der Waals surface area (Å²) in [5.74, 6) is -0.709. The lowest BCUT2D eigenvalue weighted by molar-refractivity contribution is -0.210. The Labute approximate surface area is 178 Å². The molecule has 5 heterocycles. The van der Waals surface area contributed by atoms with E-state index in [1.807, 2.05) is 30.7 Å². The van der Waals surface area contributed by atoms with Gasteiger partial charge in [-0.15, -0.1) is 0 Å². The first kappa shape index (κ1) is 18.7. The molecule has 156 valence electrons. The molecule has 2 saturated heterocycles. The quantitative estimate of drug-likeness (QED) is 0.574. The highest BCUT2D eigenvalue weighted by Crippen LogP contribution is 2.49. The smallest absolute Gasteiger partial charge is 0.164 e. The highest BCUT2D eigenvalue weighted by molar-refractivity contribution is 6.33. The summed E-state index contributed by atoms with van der Waals surface area (Å²) in [4.78, 5) is 8.50. The summed E-state index contributed by atoms with van der Waals surface area (Å²) in [5.41, 5.74) is 4.26. The fourth-order valence-corrected chi connectivity index (χ4v) is 5.06. The van der Waals surface area contributed by atoms with Gasteiger partial charge < -0.3 is 23.5 Å². The molecule has 0 amide bonds. The van der Waals surface area contributed by atoms with Gasteiger partial charge in [0.1, 0.15) is 41.5 Å². The number of hydrogen-bond donors (Lipinski definition) is 0. The maximum absolute atomic E-state index is 6.58. The third-order valence-electron chi connectivity index (χ3n) is 6.12. The number of rotatable bonds is 2. The summed E-state index contributed by atoms with van der Waals surface area (Å²) in [6.07, 6.45) is 1.87. The van der Waals surface area contributed by atoms with Gasteiger partial charge in [0, 0.05) is 6.20 Å². The third-order valence-corrected chi connectivity index (χ3v) is 6.43. The van der Waals surface area contributed by atoms with Gasteiger partial charge in [-0.1, -0.05) is 35.4 Å². The Morgan fingerprint density at radius 3 is 2.80 bits per heavy atom. The molecule has 2 aromatic heterocycles. The zero-order valence-electron chi connectivity index (χ0n) is 16.9. The maximum Gasteiger partial charge on any atom is 0.164 e. The fraction of sp³-hybridized carbons (Fsp3) is 0.455. The van der Waals surface area contributed by atoms with Crippen LogP contribution in [0.25, 0.3) is 11.0 Å². The minimum absolute atomic E-state index is 0.213. The molecule has 3 aliphatic rings. The van der Waals surface area contributed by atoms with Gasteiger partial charge in [0.15, 0.2) is 12.0 Å². The van der Waals surface area contributed by atoms with Crippen LogP contribution in [-0.2, 0) is 25.6 Å². The SMILES string of the molecule is Cc1ccc2c(c1)[C@H]([C@H]1O[C@@H](n3ccc4c(Cl)ncnc43)[C@@H]3OC(C)(C)O[C@@H]31)OC2. The molecule has 0 unspecified atom stereocenters. The number of ether oxygens (including phenoxy) is 4. The van der Waals surface area contributed by atoms with E-state index in [1.165, 1.54) is 17.5 Å². The van der Waals surface area contributed by atoms with E-state index in [-0.39, 0.29) is 24.4 Å². The van der Waals surface area contributed by atoms with Crippen molar-refractivity contribution in [2.45, 2.75) is 63.8 Å². The highest BCUT2D eigenvalue weighted by atomic mass is 35.5. The zero-order chi connectivity index (χ0) is 20.6. The van der Waals surface area contributed by atoms with E-state index >= 15 is 0 Å². The number of aryl methyl sites for hydroxylation is 1. The molecule has 3 aromatic rings. The van der Waals surface area contributed by atoms with Crippen molar-refractivity contribution in [2.24, 2.45) is 0 Å². The van der Waals surface area contributed by atoms with E-state index in [1.54, 1.807) is 0 Å². The third kappa shape index (κ3) is 2.73. The van der Waals surface area contributed by atoms with Gasteiger partial charge in [-0.05, 0) is 38.0 Å². The van der Waals surface area contributed by atoms with Crippen molar-refractivity contribution in [3.63, 3.8) is 0 Å². The number of hydrogen-bond acceptors (Lipinski definition) is 6. The van der Waals surface area contributed by atoms with Crippen LogP contribution in [0.4, 0.5) is 0 Å². The van der Waals surface area contributed by atoms with E-state index in [4.69, 9.17) is 30.5 Å². The maximum atomic E-state index is 6.58. The van der Waals surface area contributed by atoms with Crippen molar-refractivity contribution in [3.8, 4) is 0 Å². The Morgan fingerprint density at radius 2 is 1.93 bits per heavy atom. The van der Waals surface area contributed by atoms with Crippen LogP contribution in [0.1, 0.15) is 42.9 Å². The van der Waals surface area contributed by atoms with Gasteiger partial charge in [-0.25, -0.2) is 9.97 Å². The summed E-state index contributed by atoms with van der Waals surface area (Å²) >= 11 is 6.26. The van der Waals surface area contributed by atoms with Crippen LogP contribution in [-0.4, -0.2) is 38.6 Å². The summed E-state index contributed by atoms with van der Waals surface area (Å²) in [6, 6.07) is 8.31. The Hall–Kier alpha value is -2.03. The van der Waals surface area contributed by atoms with Crippen molar-refractivity contribution in [1.82, 2.24) is 14.5 Å². The van der Waals surface area contributed by atoms with E-state index < -0.39 is 12.0 Å². The van der Waals surface area contributed by atoms with Gasteiger partial charge >= 0.3 is 0 Å². The lowest BCUT2D eigenvalue weighted by Gasteiger charge is -2.27. The van der Waals surface area contributed by atoms with E-state index in [0.717, 1.165) is 10.9 Å². The molecular formula is C22H22ClN3O4. The van der Waals surface area contributed by atoms with Crippen molar-refractivity contribution in [3.05, 3.63) is 58.6 Å². The normalized spacial score (nSPS) is 31.9. The Kier molecular flexibility index (Phi) is 4.04. The first-order valence-corrected chi connectivity index (χ1v) is 10.5. The first-order valence-electron chi connectivity index (χ1n) is 10.1. The van der Waals surface area contributed by atoms with Gasteiger partial charge in [-0.3, -0.25) is 0 Å². The Morgan fingerprint density at radius 1 is 1.10 bits per heavy atom. The number of fused-ring (bicyclic) bond motifs is 3. The van der Waals surface area contributed by atoms with Crippen LogP contribution in [0.15, 0.2) is 36.8 Å². The molecule has 0 bridgehead atoms. The molecule has 0 saturated carbocycles. The first-order chi connectivity index (χ1) is 14.4. The standard InChI is InChI=1S/C22H22ClN3O4/c1-11-4-5-12-9-27-15(14(12)8-11)16-17-18(30-22(2,3)29-17)21(28-16)26-7-6-13-19(23)24-10-25-20(13)26/h4-8,10,15-18,21H,9H2,1-3H3/t15-,16-,17-,18-,21-/m1/s1. The minimum Gasteiger partial charge on any atom is -0.366 e. The summed E-state index contributed by atoms with van der Waals surface area (Å²) in [6.45, 7) is 6.52. The van der Waals surface area contributed by atoms with E-state index in [9.17, 15) is 0 Å². The molecular weight excluding hydrogens is 406 g/mol. The second kappa shape index (κ2) is 6.48. The summed E-state index contributed by atoms with van der Waals surface area (Å²) in [5, 5.41) is 1.19. The minimum atomic E-state index is -0.709. The molecule has 5 atom stereocenters. The van der Waals surface area contributed by atoms with Crippen LogP contribution < -0.4 is 0 Å². The average Bonchev–Trinajstić information content (AvgIpc) is 3.43. The van der Waals surface area contributed by atoms with Crippen molar-refractivity contribution in [2.75, 3.05) is 0 Å². The molecule has 0 N–H and O–H groups in total.